The molecule has 0 radical (unpaired) electrons. The highest BCUT2D eigenvalue weighted by atomic mass is 35.5. The summed E-state index contributed by atoms with van der Waals surface area (Å²) in [5.74, 6) is 1.30. The standard InChI is InChI=1S/C18H29ClN2O/c1-15(2)18(16-3-5-17(19)6-4-16)7-8-20-9-10-21-11-13-22-14-12-21/h3-6,15,18,20H,7-14H2,1-2H3/p+2/t18-/m1/s1. The van der Waals surface area contributed by atoms with Gasteiger partial charge in [-0.15, -0.1) is 0 Å². The Hall–Kier alpha value is -0.610. The number of rotatable bonds is 8. The zero-order valence-electron chi connectivity index (χ0n) is 14.0. The molecule has 4 heteroatoms. The van der Waals surface area contributed by atoms with E-state index in [0.717, 1.165) is 18.2 Å². The number of ether oxygens (including phenoxy) is 1. The normalized spacial score (nSPS) is 17.8. The van der Waals surface area contributed by atoms with Gasteiger partial charge in [-0.1, -0.05) is 37.6 Å². The number of nitrogens with one attached hydrogen (secondary N) is 1. The minimum atomic E-state index is 0.629. The third kappa shape index (κ3) is 5.88. The molecular weight excluding hydrogens is 296 g/mol. The van der Waals surface area contributed by atoms with Gasteiger partial charge in [0.05, 0.1) is 19.8 Å². The number of hydrogen-bond donors (Lipinski definition) is 2. The molecule has 0 aliphatic carbocycles. The lowest BCUT2D eigenvalue weighted by Crippen LogP contribution is -3.16. The predicted molar refractivity (Wildman–Crippen MR) is 91.7 cm³/mol. The number of halogens is 1. The molecule has 0 unspecified atom stereocenters. The van der Waals surface area contributed by atoms with Crippen LogP contribution in [0.5, 0.6) is 0 Å². The number of hydrogen-bond acceptors (Lipinski definition) is 1. The summed E-state index contributed by atoms with van der Waals surface area (Å²) >= 11 is 6.00. The molecule has 0 bridgehead atoms. The van der Waals surface area contributed by atoms with E-state index in [0.29, 0.717) is 11.8 Å². The first-order valence-electron chi connectivity index (χ1n) is 8.65. The fourth-order valence-corrected chi connectivity index (χ4v) is 3.38. The van der Waals surface area contributed by atoms with Crippen LogP contribution in [0.15, 0.2) is 24.3 Å². The molecule has 22 heavy (non-hydrogen) atoms. The van der Waals surface area contributed by atoms with Crippen LogP contribution in [0.25, 0.3) is 0 Å². The SMILES string of the molecule is CC(C)[C@@H](CC[NH2+]CC[NH+]1CCOCC1)c1ccc(Cl)cc1. The molecule has 1 aliphatic heterocycles. The summed E-state index contributed by atoms with van der Waals surface area (Å²) in [5, 5.41) is 3.31. The zero-order valence-corrected chi connectivity index (χ0v) is 14.7. The van der Waals surface area contributed by atoms with E-state index in [1.807, 2.05) is 12.1 Å². The van der Waals surface area contributed by atoms with Gasteiger partial charge in [-0.2, -0.15) is 0 Å². The smallest absolute Gasteiger partial charge is 0.127 e. The van der Waals surface area contributed by atoms with Crippen molar-refractivity contribution in [1.29, 1.82) is 0 Å². The summed E-state index contributed by atoms with van der Waals surface area (Å²) in [4.78, 5) is 1.70. The maximum absolute atomic E-state index is 6.00. The summed E-state index contributed by atoms with van der Waals surface area (Å²) in [7, 11) is 0. The molecule has 1 aromatic carbocycles. The maximum Gasteiger partial charge on any atom is 0.127 e. The predicted octanol–water partition coefficient (Wildman–Crippen LogP) is 0.948. The fourth-order valence-electron chi connectivity index (χ4n) is 3.25. The van der Waals surface area contributed by atoms with E-state index in [-0.39, 0.29) is 0 Å². The highest BCUT2D eigenvalue weighted by molar-refractivity contribution is 6.30. The number of morpholine rings is 1. The molecule has 1 atom stereocenters. The van der Waals surface area contributed by atoms with Crippen LogP contribution in [0.2, 0.25) is 5.02 Å². The number of benzene rings is 1. The van der Waals surface area contributed by atoms with E-state index in [2.05, 4.69) is 31.3 Å². The summed E-state index contributed by atoms with van der Waals surface area (Å²) < 4.78 is 5.40. The summed E-state index contributed by atoms with van der Waals surface area (Å²) in [5.41, 5.74) is 1.42. The van der Waals surface area contributed by atoms with Crippen molar-refractivity contribution in [2.75, 3.05) is 45.9 Å². The van der Waals surface area contributed by atoms with Crippen LogP contribution in [-0.2, 0) is 4.74 Å². The van der Waals surface area contributed by atoms with Crippen LogP contribution in [-0.4, -0.2) is 45.9 Å². The van der Waals surface area contributed by atoms with Crippen molar-refractivity contribution in [3.8, 4) is 0 Å². The first-order valence-corrected chi connectivity index (χ1v) is 9.03. The van der Waals surface area contributed by atoms with Crippen LogP contribution in [0.1, 0.15) is 31.7 Å². The van der Waals surface area contributed by atoms with Crippen LogP contribution >= 0.6 is 11.6 Å². The van der Waals surface area contributed by atoms with Crippen molar-refractivity contribution >= 4 is 11.6 Å². The van der Waals surface area contributed by atoms with Gasteiger partial charge in [0, 0.05) is 11.4 Å². The zero-order chi connectivity index (χ0) is 15.8. The molecule has 3 N–H and O–H groups in total. The molecule has 124 valence electrons. The van der Waals surface area contributed by atoms with Crippen molar-refractivity contribution in [3.05, 3.63) is 34.9 Å². The van der Waals surface area contributed by atoms with Gasteiger partial charge < -0.3 is 15.0 Å². The van der Waals surface area contributed by atoms with Gasteiger partial charge in [0.1, 0.15) is 26.2 Å². The summed E-state index contributed by atoms with van der Waals surface area (Å²) in [6, 6.07) is 8.39. The van der Waals surface area contributed by atoms with E-state index in [1.54, 1.807) is 4.90 Å². The quantitative estimate of drug-likeness (QED) is 0.685. The molecule has 3 nitrogen and oxygen atoms in total. The molecule has 0 amide bonds. The van der Waals surface area contributed by atoms with E-state index in [9.17, 15) is 0 Å². The van der Waals surface area contributed by atoms with Crippen LogP contribution in [0.3, 0.4) is 0 Å². The Bertz CT molecular complexity index is 416. The van der Waals surface area contributed by atoms with Crippen LogP contribution in [0.4, 0.5) is 0 Å². The molecule has 1 aliphatic rings. The van der Waals surface area contributed by atoms with Crippen molar-refractivity contribution in [2.45, 2.75) is 26.2 Å². The van der Waals surface area contributed by atoms with Crippen molar-refractivity contribution < 1.29 is 15.0 Å². The van der Waals surface area contributed by atoms with Crippen LogP contribution < -0.4 is 10.2 Å². The molecule has 0 saturated carbocycles. The second-order valence-corrected chi connectivity index (χ2v) is 7.11. The summed E-state index contributed by atoms with van der Waals surface area (Å²) in [6.45, 7) is 12.5. The number of quaternary nitrogens is 2. The summed E-state index contributed by atoms with van der Waals surface area (Å²) in [6.07, 6.45) is 1.23. The first kappa shape index (κ1) is 17.7. The molecule has 1 heterocycles. The Labute approximate surface area is 140 Å². The van der Waals surface area contributed by atoms with Gasteiger partial charge >= 0.3 is 0 Å². The average Bonchev–Trinajstić information content (AvgIpc) is 2.53. The van der Waals surface area contributed by atoms with Crippen molar-refractivity contribution in [3.63, 3.8) is 0 Å². The topological polar surface area (TPSA) is 30.3 Å². The van der Waals surface area contributed by atoms with Gasteiger partial charge in [-0.3, -0.25) is 0 Å². The third-order valence-electron chi connectivity index (χ3n) is 4.69. The van der Waals surface area contributed by atoms with Gasteiger partial charge in [-0.05, 0) is 29.5 Å². The van der Waals surface area contributed by atoms with Crippen LogP contribution in [0, 0.1) is 5.92 Å². The highest BCUT2D eigenvalue weighted by Crippen LogP contribution is 2.28. The van der Waals surface area contributed by atoms with Crippen molar-refractivity contribution in [1.82, 2.24) is 0 Å². The van der Waals surface area contributed by atoms with E-state index in [4.69, 9.17) is 16.3 Å². The minimum Gasteiger partial charge on any atom is -0.370 e. The Balaban J connectivity index is 1.69. The lowest BCUT2D eigenvalue weighted by atomic mass is 9.86. The Kier molecular flexibility index (Phi) is 7.67. The van der Waals surface area contributed by atoms with Crippen molar-refractivity contribution in [2.24, 2.45) is 5.92 Å². The number of nitrogens with two attached hydrogens (primary N) is 1. The average molecular weight is 327 g/mol. The molecule has 0 aromatic heterocycles. The van der Waals surface area contributed by atoms with Gasteiger partial charge in [-0.25, -0.2) is 0 Å². The monoisotopic (exact) mass is 326 g/mol. The molecule has 0 spiro atoms. The highest BCUT2D eigenvalue weighted by Gasteiger charge is 2.17. The van der Waals surface area contributed by atoms with Gasteiger partial charge in [0.25, 0.3) is 0 Å². The molecule has 1 saturated heterocycles. The maximum atomic E-state index is 6.00. The van der Waals surface area contributed by atoms with Gasteiger partial charge in [0.2, 0.25) is 0 Å². The lowest BCUT2D eigenvalue weighted by molar-refractivity contribution is -0.919. The van der Waals surface area contributed by atoms with Gasteiger partial charge in [0.15, 0.2) is 0 Å². The molecule has 1 aromatic rings. The molecular formula is C18H31ClN2O+2. The molecule has 2 rings (SSSR count). The van der Waals surface area contributed by atoms with E-state index < -0.39 is 0 Å². The Morgan fingerprint density at radius 3 is 2.45 bits per heavy atom. The largest absolute Gasteiger partial charge is 0.370 e. The second kappa shape index (κ2) is 9.51. The molecule has 1 fully saturated rings. The fraction of sp³-hybridized carbons (Fsp3) is 0.667. The Morgan fingerprint density at radius 1 is 1.14 bits per heavy atom. The Morgan fingerprint density at radius 2 is 1.82 bits per heavy atom. The third-order valence-corrected chi connectivity index (χ3v) is 4.94. The van der Waals surface area contributed by atoms with E-state index in [1.165, 1.54) is 44.7 Å². The second-order valence-electron chi connectivity index (χ2n) is 6.67. The minimum absolute atomic E-state index is 0.629. The lowest BCUT2D eigenvalue weighted by Gasteiger charge is -2.23. The van der Waals surface area contributed by atoms with E-state index >= 15 is 0 Å². The first-order chi connectivity index (χ1) is 10.7.